The van der Waals surface area contributed by atoms with E-state index < -0.39 is 0 Å². The van der Waals surface area contributed by atoms with Gasteiger partial charge in [0, 0.05) is 6.42 Å². The number of hydrogen-bond acceptors (Lipinski definition) is 1. The van der Waals surface area contributed by atoms with Crippen molar-refractivity contribution in [3.63, 3.8) is 0 Å². The lowest BCUT2D eigenvalue weighted by Gasteiger charge is -2.38. The van der Waals surface area contributed by atoms with Crippen molar-refractivity contribution in [1.82, 2.24) is 0 Å². The molecule has 1 nitrogen and oxygen atoms in total. The zero-order valence-electron chi connectivity index (χ0n) is 9.23. The molecule has 13 heavy (non-hydrogen) atoms. The Kier molecular flexibility index (Phi) is 3.15. The maximum absolute atomic E-state index is 10.2. The van der Waals surface area contributed by atoms with E-state index in [4.69, 9.17) is 0 Å². The zero-order chi connectivity index (χ0) is 9.95. The van der Waals surface area contributed by atoms with Crippen molar-refractivity contribution >= 4 is 6.29 Å². The Morgan fingerprint density at radius 1 is 1.23 bits per heavy atom. The second-order valence-corrected chi connectivity index (χ2v) is 5.36. The molecular weight excluding hydrogens is 160 g/mol. The van der Waals surface area contributed by atoms with Crippen molar-refractivity contribution in [3.8, 4) is 0 Å². The van der Waals surface area contributed by atoms with Crippen LogP contribution in [0.15, 0.2) is 0 Å². The molecule has 0 aromatic rings. The molecule has 1 aliphatic rings. The Labute approximate surface area is 81.9 Å². The second kappa shape index (κ2) is 3.81. The Morgan fingerprint density at radius 3 is 2.38 bits per heavy atom. The Morgan fingerprint density at radius 2 is 1.92 bits per heavy atom. The summed E-state index contributed by atoms with van der Waals surface area (Å²) in [5, 5.41) is 0. The number of aldehydes is 1. The molecule has 0 spiro atoms. The fourth-order valence-corrected chi connectivity index (χ4v) is 2.60. The molecule has 0 aromatic heterocycles. The highest BCUT2D eigenvalue weighted by Gasteiger charge is 2.43. The molecule has 0 aliphatic heterocycles. The normalized spacial score (nSPS) is 31.9. The molecule has 0 amide bonds. The topological polar surface area (TPSA) is 17.1 Å². The molecule has 1 saturated carbocycles. The van der Waals surface area contributed by atoms with Gasteiger partial charge in [0.15, 0.2) is 0 Å². The standard InChI is InChI=1S/C12H22O/c1-11(2)7-6-9-12(11,3)8-4-5-10-13/h10H,4-9H2,1-3H3. The molecule has 1 heteroatoms. The molecule has 0 bridgehead atoms. The number of carbonyl (C=O) groups is 1. The molecule has 76 valence electrons. The third-order valence-corrected chi connectivity index (χ3v) is 4.21. The maximum atomic E-state index is 10.2. The summed E-state index contributed by atoms with van der Waals surface area (Å²) in [6.07, 6.45) is 8.15. The van der Waals surface area contributed by atoms with Crippen LogP contribution in [-0.4, -0.2) is 6.29 Å². The first-order valence-corrected chi connectivity index (χ1v) is 5.45. The van der Waals surface area contributed by atoms with E-state index in [1.165, 1.54) is 25.7 Å². The Bertz CT molecular complexity index is 184. The SMILES string of the molecule is CC1(C)CCCC1(C)CCCC=O. The quantitative estimate of drug-likeness (QED) is 0.480. The van der Waals surface area contributed by atoms with Crippen molar-refractivity contribution < 1.29 is 4.79 Å². The lowest BCUT2D eigenvalue weighted by Crippen LogP contribution is -2.29. The van der Waals surface area contributed by atoms with Crippen molar-refractivity contribution in [3.05, 3.63) is 0 Å². The molecule has 1 rings (SSSR count). The van der Waals surface area contributed by atoms with Gasteiger partial charge in [-0.05, 0) is 36.5 Å². The van der Waals surface area contributed by atoms with E-state index in [0.717, 1.165) is 19.1 Å². The van der Waals surface area contributed by atoms with E-state index in [2.05, 4.69) is 20.8 Å². The van der Waals surface area contributed by atoms with Gasteiger partial charge in [-0.2, -0.15) is 0 Å². The van der Waals surface area contributed by atoms with Crippen LogP contribution in [0.1, 0.15) is 59.3 Å². The number of rotatable bonds is 4. The smallest absolute Gasteiger partial charge is 0.119 e. The van der Waals surface area contributed by atoms with Gasteiger partial charge >= 0.3 is 0 Å². The summed E-state index contributed by atoms with van der Waals surface area (Å²) >= 11 is 0. The molecule has 0 heterocycles. The van der Waals surface area contributed by atoms with Crippen LogP contribution in [0.5, 0.6) is 0 Å². The van der Waals surface area contributed by atoms with Gasteiger partial charge in [-0.15, -0.1) is 0 Å². The zero-order valence-corrected chi connectivity index (χ0v) is 9.23. The molecule has 1 unspecified atom stereocenters. The largest absolute Gasteiger partial charge is 0.303 e. The first kappa shape index (κ1) is 10.7. The van der Waals surface area contributed by atoms with Gasteiger partial charge in [0.05, 0.1) is 0 Å². The maximum Gasteiger partial charge on any atom is 0.119 e. The minimum Gasteiger partial charge on any atom is -0.303 e. The lowest BCUT2D eigenvalue weighted by atomic mass is 9.67. The molecule has 0 saturated heterocycles. The Balaban J connectivity index is 2.49. The first-order valence-electron chi connectivity index (χ1n) is 5.45. The van der Waals surface area contributed by atoms with Gasteiger partial charge in [0.1, 0.15) is 6.29 Å². The average molecular weight is 182 g/mol. The molecule has 0 radical (unpaired) electrons. The van der Waals surface area contributed by atoms with Gasteiger partial charge in [-0.1, -0.05) is 27.2 Å². The van der Waals surface area contributed by atoms with E-state index in [-0.39, 0.29) is 0 Å². The summed E-state index contributed by atoms with van der Waals surface area (Å²) in [6.45, 7) is 7.15. The monoisotopic (exact) mass is 182 g/mol. The molecule has 1 atom stereocenters. The van der Waals surface area contributed by atoms with Gasteiger partial charge in [0.2, 0.25) is 0 Å². The average Bonchev–Trinajstić information content (AvgIpc) is 2.28. The second-order valence-electron chi connectivity index (χ2n) is 5.36. The number of hydrogen-bond donors (Lipinski definition) is 0. The third kappa shape index (κ3) is 2.12. The van der Waals surface area contributed by atoms with Crippen LogP contribution >= 0.6 is 0 Å². The van der Waals surface area contributed by atoms with E-state index >= 15 is 0 Å². The van der Waals surface area contributed by atoms with Crippen LogP contribution in [-0.2, 0) is 4.79 Å². The van der Waals surface area contributed by atoms with Crippen LogP contribution in [0.25, 0.3) is 0 Å². The van der Waals surface area contributed by atoms with Crippen LogP contribution in [0, 0.1) is 10.8 Å². The van der Waals surface area contributed by atoms with Crippen LogP contribution < -0.4 is 0 Å². The predicted molar refractivity (Wildman–Crippen MR) is 55.7 cm³/mol. The fraction of sp³-hybridized carbons (Fsp3) is 0.917. The van der Waals surface area contributed by atoms with Crippen molar-refractivity contribution in [1.29, 1.82) is 0 Å². The van der Waals surface area contributed by atoms with Gasteiger partial charge in [-0.25, -0.2) is 0 Å². The number of carbonyl (C=O) groups excluding carboxylic acids is 1. The van der Waals surface area contributed by atoms with Gasteiger partial charge in [-0.3, -0.25) is 0 Å². The summed E-state index contributed by atoms with van der Waals surface area (Å²) in [6, 6.07) is 0. The van der Waals surface area contributed by atoms with E-state index in [1.54, 1.807) is 0 Å². The third-order valence-electron chi connectivity index (χ3n) is 4.21. The fourth-order valence-electron chi connectivity index (χ4n) is 2.60. The molecule has 0 aromatic carbocycles. The van der Waals surface area contributed by atoms with E-state index in [1.807, 2.05) is 0 Å². The highest BCUT2D eigenvalue weighted by Crippen LogP contribution is 2.54. The van der Waals surface area contributed by atoms with Crippen molar-refractivity contribution in [2.45, 2.75) is 59.3 Å². The highest BCUT2D eigenvalue weighted by molar-refractivity contribution is 5.48. The minimum absolute atomic E-state index is 0.482. The van der Waals surface area contributed by atoms with Crippen molar-refractivity contribution in [2.24, 2.45) is 10.8 Å². The molecular formula is C12H22O. The van der Waals surface area contributed by atoms with Gasteiger partial charge < -0.3 is 4.79 Å². The summed E-state index contributed by atoms with van der Waals surface area (Å²) in [7, 11) is 0. The predicted octanol–water partition coefficient (Wildman–Crippen LogP) is 3.57. The van der Waals surface area contributed by atoms with E-state index in [0.29, 0.717) is 10.8 Å². The van der Waals surface area contributed by atoms with E-state index in [9.17, 15) is 4.79 Å². The van der Waals surface area contributed by atoms with Crippen LogP contribution in [0.2, 0.25) is 0 Å². The molecule has 1 aliphatic carbocycles. The summed E-state index contributed by atoms with van der Waals surface area (Å²) in [4.78, 5) is 10.2. The van der Waals surface area contributed by atoms with Crippen LogP contribution in [0.4, 0.5) is 0 Å². The summed E-state index contributed by atoms with van der Waals surface area (Å²) in [5.74, 6) is 0. The highest BCUT2D eigenvalue weighted by atomic mass is 16.1. The minimum atomic E-state index is 0.482. The first-order chi connectivity index (χ1) is 6.02. The number of unbranched alkanes of at least 4 members (excludes halogenated alkanes) is 1. The molecule has 0 N–H and O–H groups in total. The van der Waals surface area contributed by atoms with Gasteiger partial charge in [0.25, 0.3) is 0 Å². The molecule has 1 fully saturated rings. The summed E-state index contributed by atoms with van der Waals surface area (Å²) < 4.78 is 0. The van der Waals surface area contributed by atoms with Crippen molar-refractivity contribution in [2.75, 3.05) is 0 Å². The Hall–Kier alpha value is -0.330. The lowest BCUT2D eigenvalue weighted by molar-refractivity contribution is -0.108. The summed E-state index contributed by atoms with van der Waals surface area (Å²) in [5.41, 5.74) is 0.964. The van der Waals surface area contributed by atoms with Crippen LogP contribution in [0.3, 0.4) is 0 Å².